The second-order valence-electron chi connectivity index (χ2n) is 3.60. The highest BCUT2D eigenvalue weighted by atomic mass is 32.2. The van der Waals surface area contributed by atoms with Crippen molar-refractivity contribution in [3.05, 3.63) is 0 Å². The standard InChI is InChI=1S/C9H22N2O3S/c1-4-10-5-8-15(13,14)11(6-7-12)9(2)3/h9-10,12H,4-8H2,1-3H3. The van der Waals surface area contributed by atoms with Crippen LogP contribution in [0.2, 0.25) is 0 Å². The number of nitrogens with zero attached hydrogens (tertiary/aromatic N) is 1. The maximum absolute atomic E-state index is 11.8. The number of aliphatic hydroxyl groups excluding tert-OH is 1. The van der Waals surface area contributed by atoms with Gasteiger partial charge < -0.3 is 10.4 Å². The molecule has 5 nitrogen and oxygen atoms in total. The average Bonchev–Trinajstić information content (AvgIpc) is 2.13. The SMILES string of the molecule is CCNCCS(=O)(=O)N(CCO)C(C)C. The van der Waals surface area contributed by atoms with Crippen molar-refractivity contribution < 1.29 is 13.5 Å². The van der Waals surface area contributed by atoms with Crippen LogP contribution in [0.5, 0.6) is 0 Å². The number of rotatable bonds is 8. The van der Waals surface area contributed by atoms with Gasteiger partial charge in [0.2, 0.25) is 10.0 Å². The normalized spacial score (nSPS) is 12.7. The van der Waals surface area contributed by atoms with E-state index in [1.165, 1.54) is 4.31 Å². The van der Waals surface area contributed by atoms with Crippen molar-refractivity contribution in [3.8, 4) is 0 Å². The van der Waals surface area contributed by atoms with Gasteiger partial charge >= 0.3 is 0 Å². The van der Waals surface area contributed by atoms with Gasteiger partial charge in [-0.25, -0.2) is 8.42 Å². The number of sulfonamides is 1. The first-order valence-corrected chi connectivity index (χ1v) is 6.87. The molecule has 0 aromatic heterocycles. The van der Waals surface area contributed by atoms with Crippen molar-refractivity contribution in [2.45, 2.75) is 26.8 Å². The Balaban J connectivity index is 4.37. The van der Waals surface area contributed by atoms with E-state index < -0.39 is 10.0 Å². The second kappa shape index (κ2) is 7.16. The topological polar surface area (TPSA) is 69.6 Å². The van der Waals surface area contributed by atoms with Crippen LogP contribution in [0.15, 0.2) is 0 Å². The third-order valence-corrected chi connectivity index (χ3v) is 4.08. The van der Waals surface area contributed by atoms with Crippen LogP contribution in [-0.2, 0) is 10.0 Å². The Hall–Kier alpha value is -0.170. The molecule has 0 fully saturated rings. The van der Waals surface area contributed by atoms with Crippen molar-refractivity contribution in [1.29, 1.82) is 0 Å². The van der Waals surface area contributed by atoms with Crippen molar-refractivity contribution >= 4 is 10.0 Å². The van der Waals surface area contributed by atoms with Crippen LogP contribution >= 0.6 is 0 Å². The Bertz CT molecular complexity index is 252. The molecular formula is C9H22N2O3S. The summed E-state index contributed by atoms with van der Waals surface area (Å²) in [6, 6.07) is -0.108. The van der Waals surface area contributed by atoms with Crippen LogP contribution in [0.1, 0.15) is 20.8 Å². The molecule has 0 amide bonds. The summed E-state index contributed by atoms with van der Waals surface area (Å²) < 4.78 is 25.0. The van der Waals surface area contributed by atoms with E-state index in [0.29, 0.717) is 6.54 Å². The molecule has 0 aromatic rings. The Morgan fingerprint density at radius 2 is 2.00 bits per heavy atom. The summed E-state index contributed by atoms with van der Waals surface area (Å²) in [7, 11) is -3.25. The molecule has 0 aliphatic rings. The average molecular weight is 238 g/mol. The van der Waals surface area contributed by atoms with Gasteiger partial charge in [-0.1, -0.05) is 6.92 Å². The Morgan fingerprint density at radius 1 is 1.40 bits per heavy atom. The molecule has 0 saturated heterocycles. The van der Waals surface area contributed by atoms with Crippen LogP contribution in [0.3, 0.4) is 0 Å². The Morgan fingerprint density at radius 3 is 2.40 bits per heavy atom. The monoisotopic (exact) mass is 238 g/mol. The highest BCUT2D eigenvalue weighted by Crippen LogP contribution is 2.06. The van der Waals surface area contributed by atoms with Gasteiger partial charge in [0.1, 0.15) is 0 Å². The molecule has 0 unspecified atom stereocenters. The minimum Gasteiger partial charge on any atom is -0.395 e. The van der Waals surface area contributed by atoms with Crippen LogP contribution in [0, 0.1) is 0 Å². The minimum absolute atomic E-state index is 0.0824. The molecular weight excluding hydrogens is 216 g/mol. The summed E-state index contributed by atoms with van der Waals surface area (Å²) >= 11 is 0. The molecule has 0 aliphatic heterocycles. The predicted octanol–water partition coefficient (Wildman–Crippen LogP) is -0.372. The summed E-state index contributed by atoms with van der Waals surface area (Å²) in [6.45, 7) is 6.79. The molecule has 0 rings (SSSR count). The van der Waals surface area contributed by atoms with Crippen LogP contribution in [-0.4, -0.2) is 55.9 Å². The molecule has 6 heteroatoms. The first-order chi connectivity index (χ1) is 6.95. The Kier molecular flexibility index (Phi) is 7.08. The van der Waals surface area contributed by atoms with Crippen LogP contribution in [0.4, 0.5) is 0 Å². The lowest BCUT2D eigenvalue weighted by Crippen LogP contribution is -2.42. The fraction of sp³-hybridized carbons (Fsp3) is 1.00. The fourth-order valence-electron chi connectivity index (χ4n) is 1.31. The van der Waals surface area contributed by atoms with E-state index >= 15 is 0 Å². The largest absolute Gasteiger partial charge is 0.395 e. The Labute approximate surface area is 92.5 Å². The minimum atomic E-state index is -3.25. The summed E-state index contributed by atoms with van der Waals surface area (Å²) in [5.41, 5.74) is 0. The zero-order valence-corrected chi connectivity index (χ0v) is 10.5. The first kappa shape index (κ1) is 14.8. The highest BCUT2D eigenvalue weighted by Gasteiger charge is 2.23. The maximum Gasteiger partial charge on any atom is 0.215 e. The number of hydrogen-bond acceptors (Lipinski definition) is 4. The molecule has 2 N–H and O–H groups in total. The summed E-state index contributed by atoms with van der Waals surface area (Å²) in [5, 5.41) is 11.8. The van der Waals surface area contributed by atoms with Crippen molar-refractivity contribution in [3.63, 3.8) is 0 Å². The van der Waals surface area contributed by atoms with Gasteiger partial charge in [0.25, 0.3) is 0 Å². The lowest BCUT2D eigenvalue weighted by molar-refractivity contribution is 0.236. The molecule has 0 aliphatic carbocycles. The maximum atomic E-state index is 11.8. The summed E-state index contributed by atoms with van der Waals surface area (Å²) in [6.07, 6.45) is 0. The van der Waals surface area contributed by atoms with Gasteiger partial charge in [-0.15, -0.1) is 0 Å². The van der Waals surface area contributed by atoms with Crippen molar-refractivity contribution in [2.24, 2.45) is 0 Å². The predicted molar refractivity (Wildman–Crippen MR) is 61.3 cm³/mol. The van der Waals surface area contributed by atoms with Gasteiger partial charge in [0.15, 0.2) is 0 Å². The molecule has 0 bridgehead atoms. The van der Waals surface area contributed by atoms with E-state index in [0.717, 1.165) is 6.54 Å². The number of hydrogen-bond donors (Lipinski definition) is 2. The third kappa shape index (κ3) is 5.46. The van der Waals surface area contributed by atoms with E-state index in [4.69, 9.17) is 5.11 Å². The lowest BCUT2D eigenvalue weighted by atomic mass is 10.4. The lowest BCUT2D eigenvalue weighted by Gasteiger charge is -2.25. The molecule has 0 heterocycles. The summed E-state index contributed by atoms with van der Waals surface area (Å²) in [5.74, 6) is 0.0824. The summed E-state index contributed by atoms with van der Waals surface area (Å²) in [4.78, 5) is 0. The van der Waals surface area contributed by atoms with Gasteiger partial charge in [0, 0.05) is 19.1 Å². The van der Waals surface area contributed by atoms with Gasteiger partial charge in [-0.2, -0.15) is 4.31 Å². The van der Waals surface area contributed by atoms with Gasteiger partial charge in [-0.05, 0) is 20.4 Å². The molecule has 0 aromatic carbocycles. The molecule has 0 saturated carbocycles. The third-order valence-electron chi connectivity index (χ3n) is 2.04. The van der Waals surface area contributed by atoms with Gasteiger partial charge in [-0.3, -0.25) is 0 Å². The van der Waals surface area contributed by atoms with Crippen LogP contribution < -0.4 is 5.32 Å². The molecule has 0 spiro atoms. The second-order valence-corrected chi connectivity index (χ2v) is 5.64. The molecule has 0 atom stereocenters. The molecule has 92 valence electrons. The van der Waals surface area contributed by atoms with E-state index in [-0.39, 0.29) is 24.9 Å². The first-order valence-electron chi connectivity index (χ1n) is 5.26. The number of aliphatic hydroxyl groups is 1. The van der Waals surface area contributed by atoms with Crippen LogP contribution in [0.25, 0.3) is 0 Å². The van der Waals surface area contributed by atoms with E-state index in [2.05, 4.69) is 5.32 Å². The molecule has 15 heavy (non-hydrogen) atoms. The highest BCUT2D eigenvalue weighted by molar-refractivity contribution is 7.89. The van der Waals surface area contributed by atoms with Crippen molar-refractivity contribution in [1.82, 2.24) is 9.62 Å². The van der Waals surface area contributed by atoms with Gasteiger partial charge in [0.05, 0.1) is 12.4 Å². The zero-order chi connectivity index (χ0) is 11.9. The zero-order valence-electron chi connectivity index (χ0n) is 9.73. The number of nitrogens with one attached hydrogen (secondary N) is 1. The molecule has 0 radical (unpaired) electrons. The smallest absolute Gasteiger partial charge is 0.215 e. The van der Waals surface area contributed by atoms with E-state index in [9.17, 15) is 8.42 Å². The van der Waals surface area contributed by atoms with E-state index in [1.807, 2.05) is 6.92 Å². The fourth-order valence-corrected chi connectivity index (χ4v) is 2.95. The van der Waals surface area contributed by atoms with Crippen molar-refractivity contribution in [2.75, 3.05) is 32.0 Å². The van der Waals surface area contributed by atoms with E-state index in [1.54, 1.807) is 13.8 Å². The quantitative estimate of drug-likeness (QED) is 0.566.